The Kier molecular flexibility index (Phi) is 4.58. The van der Waals surface area contributed by atoms with Gasteiger partial charge in [0.1, 0.15) is 12.4 Å². The van der Waals surface area contributed by atoms with E-state index in [1.54, 1.807) is 23.5 Å². The first kappa shape index (κ1) is 17.5. The lowest BCUT2D eigenvalue weighted by atomic mass is 9.94. The van der Waals surface area contributed by atoms with Crippen LogP contribution in [0, 0.1) is 6.92 Å². The molecule has 27 heavy (non-hydrogen) atoms. The van der Waals surface area contributed by atoms with Gasteiger partial charge in [-0.3, -0.25) is 10.1 Å². The largest absolute Gasteiger partial charge is 0.444 e. The molecule has 0 bridgehead atoms. The number of amides is 1. The molecule has 1 aromatic heterocycles. The molecule has 2 aromatic carbocycles. The molecule has 2 heterocycles. The molecule has 3 aromatic rings. The molecule has 4 rings (SSSR count). The number of benzene rings is 2. The van der Waals surface area contributed by atoms with Gasteiger partial charge >= 0.3 is 12.1 Å². The minimum absolute atomic E-state index is 0.110. The lowest BCUT2D eigenvalue weighted by Crippen LogP contribution is -2.19. The molecule has 1 unspecified atom stereocenters. The van der Waals surface area contributed by atoms with E-state index in [0.717, 1.165) is 15.8 Å². The molecule has 1 aliphatic rings. The number of esters is 1. The van der Waals surface area contributed by atoms with E-state index in [1.165, 1.54) is 10.3 Å². The highest BCUT2D eigenvalue weighted by Gasteiger charge is 2.24. The summed E-state index contributed by atoms with van der Waals surface area (Å²) in [5, 5.41) is 3.84. The molecule has 0 spiro atoms. The maximum absolute atomic E-state index is 12.1. The zero-order chi connectivity index (χ0) is 19.0. The number of aryl methyl sites for hydroxylation is 1. The van der Waals surface area contributed by atoms with Gasteiger partial charge in [-0.2, -0.15) is 0 Å². The highest BCUT2D eigenvalue weighted by Crippen LogP contribution is 2.35. The summed E-state index contributed by atoms with van der Waals surface area (Å²) in [6, 6.07) is 13.6. The number of nitrogens with one attached hydrogen (secondary N) is 1. The van der Waals surface area contributed by atoms with Crippen LogP contribution in [0.3, 0.4) is 0 Å². The quantitative estimate of drug-likeness (QED) is 0.489. The molecule has 1 N–H and O–H groups in total. The van der Waals surface area contributed by atoms with Crippen LogP contribution in [-0.2, 0) is 16.1 Å². The summed E-state index contributed by atoms with van der Waals surface area (Å²) in [6.45, 7) is 4.24. The number of ether oxygens (including phenoxy) is 2. The Hall–Kier alpha value is -2.86. The van der Waals surface area contributed by atoms with Crippen LogP contribution < -0.4 is 10.1 Å². The van der Waals surface area contributed by atoms with Crippen LogP contribution in [0.5, 0.6) is 5.75 Å². The van der Waals surface area contributed by atoms with E-state index >= 15 is 0 Å². The van der Waals surface area contributed by atoms with Crippen LogP contribution in [0.15, 0.2) is 42.5 Å². The van der Waals surface area contributed by atoms with Gasteiger partial charge in [0.05, 0.1) is 6.42 Å². The van der Waals surface area contributed by atoms with Crippen molar-refractivity contribution >= 4 is 39.2 Å². The Morgan fingerprint density at radius 2 is 2.11 bits per heavy atom. The molecular weight excluding hydrogens is 362 g/mol. The SMILES string of the molecule is Cc1ccc2sc(COC(=O)Nc3ccc4c(c3)OC(=O)CC4C)cc2c1. The van der Waals surface area contributed by atoms with Crippen molar-refractivity contribution in [2.24, 2.45) is 0 Å². The number of fused-ring (bicyclic) bond motifs is 2. The second kappa shape index (κ2) is 7.04. The van der Waals surface area contributed by atoms with Gasteiger partial charge in [-0.1, -0.05) is 30.7 Å². The summed E-state index contributed by atoms with van der Waals surface area (Å²) < 4.78 is 11.8. The first-order chi connectivity index (χ1) is 13.0. The van der Waals surface area contributed by atoms with E-state index < -0.39 is 6.09 Å². The predicted molar refractivity (Wildman–Crippen MR) is 105 cm³/mol. The van der Waals surface area contributed by atoms with E-state index in [-0.39, 0.29) is 18.5 Å². The topological polar surface area (TPSA) is 64.6 Å². The predicted octanol–water partition coefficient (Wildman–Crippen LogP) is 5.37. The van der Waals surface area contributed by atoms with Gasteiger partial charge in [0.25, 0.3) is 0 Å². The molecule has 1 amide bonds. The van der Waals surface area contributed by atoms with Gasteiger partial charge in [0, 0.05) is 21.3 Å². The molecule has 138 valence electrons. The first-order valence-corrected chi connectivity index (χ1v) is 9.57. The van der Waals surface area contributed by atoms with Gasteiger partial charge in [-0.25, -0.2) is 4.79 Å². The minimum atomic E-state index is -0.543. The fourth-order valence-electron chi connectivity index (χ4n) is 3.21. The molecule has 0 aliphatic carbocycles. The van der Waals surface area contributed by atoms with Gasteiger partial charge in [-0.15, -0.1) is 11.3 Å². The maximum atomic E-state index is 12.1. The molecule has 6 heteroatoms. The second-order valence-corrected chi connectivity index (χ2v) is 7.96. The van der Waals surface area contributed by atoms with Crippen molar-refractivity contribution in [1.82, 2.24) is 0 Å². The fourth-order valence-corrected chi connectivity index (χ4v) is 4.17. The molecule has 0 radical (unpaired) electrons. The Morgan fingerprint density at radius 3 is 2.96 bits per heavy atom. The van der Waals surface area contributed by atoms with Crippen molar-refractivity contribution in [3.8, 4) is 5.75 Å². The van der Waals surface area contributed by atoms with Crippen LogP contribution in [0.4, 0.5) is 10.5 Å². The van der Waals surface area contributed by atoms with Crippen LogP contribution in [0.25, 0.3) is 10.1 Å². The van der Waals surface area contributed by atoms with Crippen molar-refractivity contribution in [3.63, 3.8) is 0 Å². The van der Waals surface area contributed by atoms with Crippen LogP contribution in [-0.4, -0.2) is 12.1 Å². The number of thiophene rings is 1. The average Bonchev–Trinajstić information content (AvgIpc) is 3.01. The number of carbonyl (C=O) groups is 2. The van der Waals surface area contributed by atoms with Gasteiger partial charge < -0.3 is 9.47 Å². The Balaban J connectivity index is 1.40. The summed E-state index contributed by atoms with van der Waals surface area (Å²) in [7, 11) is 0. The molecule has 5 nitrogen and oxygen atoms in total. The van der Waals surface area contributed by atoms with Crippen molar-refractivity contribution in [2.75, 3.05) is 5.32 Å². The van der Waals surface area contributed by atoms with Crippen LogP contribution in [0.1, 0.15) is 35.3 Å². The first-order valence-electron chi connectivity index (χ1n) is 8.75. The summed E-state index contributed by atoms with van der Waals surface area (Å²) in [4.78, 5) is 24.7. The monoisotopic (exact) mass is 381 g/mol. The van der Waals surface area contributed by atoms with Gasteiger partial charge in [-0.05, 0) is 42.0 Å². The smallest absolute Gasteiger partial charge is 0.411 e. The van der Waals surface area contributed by atoms with Gasteiger partial charge in [0.2, 0.25) is 0 Å². The van der Waals surface area contributed by atoms with Gasteiger partial charge in [0.15, 0.2) is 0 Å². The highest BCUT2D eigenvalue weighted by atomic mass is 32.1. The van der Waals surface area contributed by atoms with Crippen LogP contribution >= 0.6 is 11.3 Å². The molecule has 0 fully saturated rings. The molecule has 0 saturated heterocycles. The fraction of sp³-hybridized carbons (Fsp3) is 0.238. The summed E-state index contributed by atoms with van der Waals surface area (Å²) in [5.74, 6) is 0.352. The summed E-state index contributed by atoms with van der Waals surface area (Å²) >= 11 is 1.61. The average molecular weight is 381 g/mol. The Morgan fingerprint density at radius 1 is 1.26 bits per heavy atom. The number of hydrogen-bond donors (Lipinski definition) is 1. The molecule has 1 atom stereocenters. The second-order valence-electron chi connectivity index (χ2n) is 6.79. The number of rotatable bonds is 3. The third-order valence-corrected chi connectivity index (χ3v) is 5.65. The van der Waals surface area contributed by atoms with Crippen molar-refractivity contribution < 1.29 is 19.1 Å². The number of anilines is 1. The highest BCUT2D eigenvalue weighted by molar-refractivity contribution is 7.19. The van der Waals surface area contributed by atoms with E-state index in [0.29, 0.717) is 17.9 Å². The van der Waals surface area contributed by atoms with Crippen molar-refractivity contribution in [3.05, 3.63) is 58.5 Å². The van der Waals surface area contributed by atoms with E-state index in [4.69, 9.17) is 9.47 Å². The minimum Gasteiger partial charge on any atom is -0.444 e. The van der Waals surface area contributed by atoms with Crippen molar-refractivity contribution in [1.29, 1.82) is 0 Å². The Labute approximate surface area is 160 Å². The maximum Gasteiger partial charge on any atom is 0.411 e. The third kappa shape index (κ3) is 3.80. The van der Waals surface area contributed by atoms with Crippen molar-refractivity contribution in [2.45, 2.75) is 32.8 Å². The normalized spacial score (nSPS) is 15.9. The zero-order valence-electron chi connectivity index (χ0n) is 15.1. The lowest BCUT2D eigenvalue weighted by molar-refractivity contribution is -0.135. The van der Waals surface area contributed by atoms with E-state index in [9.17, 15) is 9.59 Å². The van der Waals surface area contributed by atoms with E-state index in [1.807, 2.05) is 19.1 Å². The Bertz CT molecular complexity index is 1040. The third-order valence-electron chi connectivity index (χ3n) is 4.56. The standard InChI is InChI=1S/C21H19NO4S/c1-12-3-6-19-14(7-12)9-16(27-19)11-25-21(24)22-15-4-5-17-13(2)8-20(23)26-18(17)10-15/h3-7,9-10,13H,8,11H2,1-2H3,(H,22,24). The number of carbonyl (C=O) groups excluding carboxylic acids is 2. The number of hydrogen-bond acceptors (Lipinski definition) is 5. The van der Waals surface area contributed by atoms with E-state index in [2.05, 4.69) is 30.4 Å². The summed E-state index contributed by atoms with van der Waals surface area (Å²) in [5.41, 5.74) is 2.70. The molecular formula is C21H19NO4S. The summed E-state index contributed by atoms with van der Waals surface area (Å²) in [6.07, 6.45) is -0.171. The van der Waals surface area contributed by atoms with Crippen LogP contribution in [0.2, 0.25) is 0 Å². The lowest BCUT2D eigenvalue weighted by Gasteiger charge is -2.21. The molecule has 1 aliphatic heterocycles. The zero-order valence-corrected chi connectivity index (χ0v) is 15.9. The molecule has 0 saturated carbocycles.